The van der Waals surface area contributed by atoms with Gasteiger partial charge in [0.1, 0.15) is 5.60 Å². The number of aromatic nitrogens is 3. The van der Waals surface area contributed by atoms with Gasteiger partial charge >= 0.3 is 0 Å². The average molecular weight is 274 g/mol. The number of morpholine rings is 1. The number of aliphatic hydroxyl groups is 1. The molecule has 1 N–H and O–H groups in total. The smallest absolute Gasteiger partial charge is 0.153 e. The zero-order valence-corrected chi connectivity index (χ0v) is 11.4. The summed E-state index contributed by atoms with van der Waals surface area (Å²) in [5.74, 6) is 0. The minimum absolute atomic E-state index is 0.252. The fourth-order valence-corrected chi connectivity index (χ4v) is 3.50. The van der Waals surface area contributed by atoms with Crippen molar-refractivity contribution in [2.75, 3.05) is 20.3 Å². The Bertz CT molecular complexity index is 627. The standard InChI is InChI=1S/C14H18N4O2/c1-17-10-5-14(19,6-11(17)9-20-8-10)12-7-15-13-3-2-4-16-18(12)13/h2-4,7,10-11,19H,5-6,8-9H2,1H3. The van der Waals surface area contributed by atoms with Crippen molar-refractivity contribution in [2.45, 2.75) is 30.5 Å². The molecule has 2 fully saturated rings. The first-order chi connectivity index (χ1) is 9.67. The number of imidazole rings is 1. The highest BCUT2D eigenvalue weighted by Crippen LogP contribution is 2.40. The predicted molar refractivity (Wildman–Crippen MR) is 72.3 cm³/mol. The van der Waals surface area contributed by atoms with Gasteiger partial charge in [0, 0.05) is 18.3 Å². The molecule has 0 aliphatic carbocycles. The minimum Gasteiger partial charge on any atom is -0.383 e. The third-order valence-corrected chi connectivity index (χ3v) is 4.67. The summed E-state index contributed by atoms with van der Waals surface area (Å²) >= 11 is 0. The van der Waals surface area contributed by atoms with Crippen LogP contribution in [0.15, 0.2) is 24.5 Å². The van der Waals surface area contributed by atoms with Gasteiger partial charge in [-0.05, 0) is 32.0 Å². The van der Waals surface area contributed by atoms with Crippen molar-refractivity contribution < 1.29 is 9.84 Å². The summed E-state index contributed by atoms with van der Waals surface area (Å²) < 4.78 is 7.37. The number of nitrogens with zero attached hydrogens (tertiary/aromatic N) is 4. The number of fused-ring (bicyclic) bond motifs is 3. The molecule has 2 aliphatic heterocycles. The van der Waals surface area contributed by atoms with Gasteiger partial charge in [-0.25, -0.2) is 9.50 Å². The number of hydrogen-bond donors (Lipinski definition) is 1. The molecular weight excluding hydrogens is 256 g/mol. The van der Waals surface area contributed by atoms with Crippen LogP contribution in [0, 0.1) is 0 Å². The van der Waals surface area contributed by atoms with Crippen LogP contribution in [0.1, 0.15) is 18.5 Å². The van der Waals surface area contributed by atoms with Crippen molar-refractivity contribution in [2.24, 2.45) is 0 Å². The average Bonchev–Trinajstić information content (AvgIpc) is 2.85. The van der Waals surface area contributed by atoms with E-state index in [1.165, 1.54) is 0 Å². The van der Waals surface area contributed by atoms with Gasteiger partial charge in [0.2, 0.25) is 0 Å². The first-order valence-electron chi connectivity index (χ1n) is 6.99. The van der Waals surface area contributed by atoms with Crippen LogP contribution in [0.4, 0.5) is 0 Å². The fraction of sp³-hybridized carbons (Fsp3) is 0.571. The number of piperidine rings is 1. The van der Waals surface area contributed by atoms with E-state index < -0.39 is 5.60 Å². The van der Waals surface area contributed by atoms with Gasteiger partial charge in [-0.3, -0.25) is 4.90 Å². The van der Waals surface area contributed by atoms with Crippen LogP contribution < -0.4 is 0 Å². The third kappa shape index (κ3) is 1.69. The van der Waals surface area contributed by atoms with Crippen LogP contribution in [0.25, 0.3) is 5.65 Å². The molecule has 6 nitrogen and oxygen atoms in total. The topological polar surface area (TPSA) is 62.9 Å². The summed E-state index contributed by atoms with van der Waals surface area (Å²) in [5.41, 5.74) is 0.689. The van der Waals surface area contributed by atoms with E-state index in [1.807, 2.05) is 12.1 Å². The second-order valence-corrected chi connectivity index (χ2v) is 5.89. The Morgan fingerprint density at radius 2 is 2.10 bits per heavy atom. The van der Waals surface area contributed by atoms with E-state index in [4.69, 9.17) is 4.74 Å². The van der Waals surface area contributed by atoms with Crippen molar-refractivity contribution in [3.05, 3.63) is 30.2 Å². The molecule has 0 spiro atoms. The SMILES string of the molecule is CN1C2COCC1CC(O)(c1cnc3cccnn13)C2. The maximum atomic E-state index is 11.2. The Balaban J connectivity index is 1.77. The molecule has 2 aromatic heterocycles. The zero-order valence-electron chi connectivity index (χ0n) is 11.4. The Morgan fingerprint density at radius 3 is 2.85 bits per heavy atom. The Morgan fingerprint density at radius 1 is 1.35 bits per heavy atom. The lowest BCUT2D eigenvalue weighted by Crippen LogP contribution is -2.59. The van der Waals surface area contributed by atoms with E-state index in [-0.39, 0.29) is 12.1 Å². The van der Waals surface area contributed by atoms with Gasteiger partial charge in [-0.1, -0.05) is 0 Å². The first-order valence-corrected chi connectivity index (χ1v) is 6.99. The van der Waals surface area contributed by atoms with Crippen LogP contribution in [0.2, 0.25) is 0 Å². The third-order valence-electron chi connectivity index (χ3n) is 4.67. The van der Waals surface area contributed by atoms with E-state index in [1.54, 1.807) is 16.9 Å². The second-order valence-electron chi connectivity index (χ2n) is 5.89. The molecule has 2 atom stereocenters. The normalized spacial score (nSPS) is 34.5. The van der Waals surface area contributed by atoms with E-state index in [9.17, 15) is 5.11 Å². The minimum atomic E-state index is -0.876. The van der Waals surface area contributed by atoms with Crippen molar-refractivity contribution >= 4 is 5.65 Å². The van der Waals surface area contributed by atoms with E-state index in [2.05, 4.69) is 22.0 Å². The molecule has 4 rings (SSSR count). The van der Waals surface area contributed by atoms with Gasteiger partial charge in [0.15, 0.2) is 5.65 Å². The number of rotatable bonds is 1. The molecule has 6 heteroatoms. The van der Waals surface area contributed by atoms with E-state index in [0.29, 0.717) is 26.1 Å². The summed E-state index contributed by atoms with van der Waals surface area (Å²) in [6.07, 6.45) is 4.79. The predicted octanol–water partition coefficient (Wildman–Crippen LogP) is 0.410. The number of likely N-dealkylation sites (N-methyl/N-ethyl adjacent to an activating group) is 1. The molecule has 0 saturated carbocycles. The Labute approximate surface area is 117 Å². The summed E-state index contributed by atoms with van der Waals surface area (Å²) in [5, 5.41) is 15.5. The number of hydrogen-bond acceptors (Lipinski definition) is 5. The molecule has 106 valence electrons. The monoisotopic (exact) mass is 274 g/mol. The molecule has 2 saturated heterocycles. The van der Waals surface area contributed by atoms with Gasteiger partial charge in [-0.2, -0.15) is 5.10 Å². The molecule has 20 heavy (non-hydrogen) atoms. The molecule has 2 aliphatic rings. The summed E-state index contributed by atoms with van der Waals surface area (Å²) in [6.45, 7) is 1.36. The van der Waals surface area contributed by atoms with Crippen molar-refractivity contribution in [1.82, 2.24) is 19.5 Å². The van der Waals surface area contributed by atoms with Gasteiger partial charge in [0.25, 0.3) is 0 Å². The largest absolute Gasteiger partial charge is 0.383 e. The molecule has 0 radical (unpaired) electrons. The van der Waals surface area contributed by atoms with Crippen LogP contribution in [-0.2, 0) is 10.3 Å². The lowest BCUT2D eigenvalue weighted by Gasteiger charge is -2.49. The van der Waals surface area contributed by atoms with Gasteiger partial charge in [0.05, 0.1) is 25.1 Å². The van der Waals surface area contributed by atoms with Gasteiger partial charge < -0.3 is 9.84 Å². The van der Waals surface area contributed by atoms with Crippen LogP contribution in [0.5, 0.6) is 0 Å². The highest BCUT2D eigenvalue weighted by Gasteiger charge is 2.47. The maximum absolute atomic E-state index is 11.2. The molecule has 0 amide bonds. The van der Waals surface area contributed by atoms with E-state index in [0.717, 1.165) is 11.3 Å². The summed E-state index contributed by atoms with van der Waals surface area (Å²) in [6, 6.07) is 4.26. The summed E-state index contributed by atoms with van der Waals surface area (Å²) in [4.78, 5) is 6.68. The Hall–Kier alpha value is -1.50. The second kappa shape index (κ2) is 4.25. The molecule has 0 aromatic carbocycles. The van der Waals surface area contributed by atoms with Crippen LogP contribution in [-0.4, -0.2) is 56.9 Å². The van der Waals surface area contributed by atoms with Crippen molar-refractivity contribution in [1.29, 1.82) is 0 Å². The zero-order chi connectivity index (χ0) is 13.7. The first kappa shape index (κ1) is 12.3. The van der Waals surface area contributed by atoms with Crippen LogP contribution >= 0.6 is 0 Å². The van der Waals surface area contributed by atoms with Crippen molar-refractivity contribution in [3.63, 3.8) is 0 Å². The maximum Gasteiger partial charge on any atom is 0.153 e. The van der Waals surface area contributed by atoms with E-state index >= 15 is 0 Å². The Kier molecular flexibility index (Phi) is 2.60. The molecule has 2 unspecified atom stereocenters. The quantitative estimate of drug-likeness (QED) is 0.816. The molecule has 2 bridgehead atoms. The number of ether oxygens (including phenoxy) is 1. The fourth-order valence-electron chi connectivity index (χ4n) is 3.50. The molecular formula is C14H18N4O2. The van der Waals surface area contributed by atoms with Crippen molar-refractivity contribution in [3.8, 4) is 0 Å². The highest BCUT2D eigenvalue weighted by molar-refractivity contribution is 5.39. The summed E-state index contributed by atoms with van der Waals surface area (Å²) in [7, 11) is 2.12. The van der Waals surface area contributed by atoms with Crippen LogP contribution in [0.3, 0.4) is 0 Å². The van der Waals surface area contributed by atoms with Gasteiger partial charge in [-0.15, -0.1) is 0 Å². The molecule has 2 aromatic rings. The molecule has 4 heterocycles. The lowest BCUT2D eigenvalue weighted by molar-refractivity contribution is -0.139. The highest BCUT2D eigenvalue weighted by atomic mass is 16.5. The lowest BCUT2D eigenvalue weighted by atomic mass is 9.79.